The molecule has 0 atom stereocenters. The second-order valence-electron chi connectivity index (χ2n) is 5.37. The second-order valence-corrected chi connectivity index (χ2v) is 5.76. The summed E-state index contributed by atoms with van der Waals surface area (Å²) >= 11 is 6.05. The van der Waals surface area contributed by atoms with Crippen molar-refractivity contribution in [1.82, 2.24) is 20.0 Å². The molecule has 1 aromatic carbocycles. The molecule has 0 aliphatic carbocycles. The van der Waals surface area contributed by atoms with Crippen LogP contribution in [0.3, 0.4) is 0 Å². The number of hydrogen-bond acceptors (Lipinski definition) is 4. The van der Waals surface area contributed by atoms with E-state index in [4.69, 9.17) is 16.3 Å². The summed E-state index contributed by atoms with van der Waals surface area (Å²) in [6.07, 6.45) is 5.23. The first-order chi connectivity index (χ1) is 10.6. The third kappa shape index (κ3) is 3.04. The largest absolute Gasteiger partial charge is 0.491 e. The zero-order chi connectivity index (χ0) is 15.5. The van der Waals surface area contributed by atoms with Crippen LogP contribution in [0.2, 0.25) is 5.15 Å². The maximum atomic E-state index is 6.05. The Bertz CT molecular complexity index is 771. The van der Waals surface area contributed by atoms with Gasteiger partial charge >= 0.3 is 0 Å². The third-order valence-corrected chi connectivity index (χ3v) is 3.74. The van der Waals surface area contributed by atoms with E-state index in [1.54, 1.807) is 17.1 Å². The van der Waals surface area contributed by atoms with Crippen molar-refractivity contribution in [2.24, 2.45) is 0 Å². The summed E-state index contributed by atoms with van der Waals surface area (Å²) in [5, 5.41) is 10.3. The van der Waals surface area contributed by atoms with E-state index in [9.17, 15) is 0 Å². The molecule has 0 amide bonds. The molecule has 0 radical (unpaired) electrons. The lowest BCUT2D eigenvalue weighted by atomic mass is 9.97. The highest BCUT2D eigenvalue weighted by Gasteiger charge is 2.11. The number of aromatic nitrogens is 4. The summed E-state index contributed by atoms with van der Waals surface area (Å²) in [7, 11) is 0. The summed E-state index contributed by atoms with van der Waals surface area (Å²) in [6, 6.07) is 5.99. The molecule has 2 aromatic heterocycles. The van der Waals surface area contributed by atoms with Crippen LogP contribution in [0, 0.1) is 0 Å². The number of halogens is 1. The van der Waals surface area contributed by atoms with Gasteiger partial charge in [-0.2, -0.15) is 0 Å². The molecule has 0 fully saturated rings. The monoisotopic (exact) mass is 316 g/mol. The van der Waals surface area contributed by atoms with Crippen LogP contribution in [0.15, 0.2) is 36.8 Å². The highest BCUT2D eigenvalue weighted by molar-refractivity contribution is 6.30. The van der Waals surface area contributed by atoms with Gasteiger partial charge in [0.1, 0.15) is 17.5 Å². The highest BCUT2D eigenvalue weighted by Crippen LogP contribution is 2.33. The van der Waals surface area contributed by atoms with Crippen molar-refractivity contribution in [3.63, 3.8) is 0 Å². The highest BCUT2D eigenvalue weighted by atomic mass is 35.5. The zero-order valence-corrected chi connectivity index (χ0v) is 13.3. The molecule has 3 aromatic rings. The standard InChI is InChI=1S/C16H17ClN4O/c1-11(2)12-3-4-15(14-10-18-16(17)9-13(12)14)22-8-7-21-6-5-19-20-21/h3-6,9-11H,7-8H2,1-2H3. The quantitative estimate of drug-likeness (QED) is 0.674. The molecule has 5 nitrogen and oxygen atoms in total. The number of benzene rings is 1. The molecule has 0 saturated heterocycles. The van der Waals surface area contributed by atoms with Gasteiger partial charge in [-0.25, -0.2) is 9.67 Å². The molecule has 114 valence electrons. The maximum absolute atomic E-state index is 6.05. The van der Waals surface area contributed by atoms with E-state index in [0.29, 0.717) is 24.2 Å². The van der Waals surface area contributed by atoms with Crippen LogP contribution in [-0.2, 0) is 6.54 Å². The van der Waals surface area contributed by atoms with Crippen LogP contribution in [0.1, 0.15) is 25.3 Å². The Morgan fingerprint density at radius 2 is 2.14 bits per heavy atom. The number of pyridine rings is 1. The van der Waals surface area contributed by atoms with Crippen molar-refractivity contribution in [2.45, 2.75) is 26.3 Å². The number of nitrogens with zero attached hydrogens (tertiary/aromatic N) is 4. The molecule has 22 heavy (non-hydrogen) atoms. The van der Waals surface area contributed by atoms with Crippen molar-refractivity contribution in [2.75, 3.05) is 6.61 Å². The Morgan fingerprint density at radius 1 is 1.27 bits per heavy atom. The fraction of sp³-hybridized carbons (Fsp3) is 0.312. The van der Waals surface area contributed by atoms with Crippen LogP contribution >= 0.6 is 11.6 Å². The number of rotatable bonds is 5. The molecule has 0 aliphatic rings. The zero-order valence-electron chi connectivity index (χ0n) is 12.5. The van der Waals surface area contributed by atoms with E-state index in [1.807, 2.05) is 18.3 Å². The molecule has 0 unspecified atom stereocenters. The summed E-state index contributed by atoms with van der Waals surface area (Å²) in [4.78, 5) is 4.18. The van der Waals surface area contributed by atoms with E-state index in [-0.39, 0.29) is 0 Å². The van der Waals surface area contributed by atoms with E-state index in [2.05, 4.69) is 35.2 Å². The number of fused-ring (bicyclic) bond motifs is 1. The molecular formula is C16H17ClN4O. The number of ether oxygens (including phenoxy) is 1. The number of hydrogen-bond donors (Lipinski definition) is 0. The summed E-state index contributed by atoms with van der Waals surface area (Å²) in [5.41, 5.74) is 1.24. The van der Waals surface area contributed by atoms with Gasteiger partial charge in [-0.3, -0.25) is 0 Å². The maximum Gasteiger partial charge on any atom is 0.129 e. The van der Waals surface area contributed by atoms with Crippen molar-refractivity contribution in [1.29, 1.82) is 0 Å². The van der Waals surface area contributed by atoms with Crippen molar-refractivity contribution < 1.29 is 4.74 Å². The SMILES string of the molecule is CC(C)c1ccc(OCCn2ccnn2)c2cnc(Cl)cc12. The predicted octanol–water partition coefficient (Wildman–Crippen LogP) is 3.68. The predicted molar refractivity (Wildman–Crippen MR) is 86.4 cm³/mol. The minimum absolute atomic E-state index is 0.408. The Balaban J connectivity index is 1.88. The first kappa shape index (κ1) is 14.8. The van der Waals surface area contributed by atoms with E-state index < -0.39 is 0 Å². The van der Waals surface area contributed by atoms with E-state index in [0.717, 1.165) is 16.5 Å². The lowest BCUT2D eigenvalue weighted by Crippen LogP contribution is -2.09. The molecule has 0 N–H and O–H groups in total. The van der Waals surface area contributed by atoms with E-state index in [1.165, 1.54) is 5.56 Å². The van der Waals surface area contributed by atoms with Gasteiger partial charge in [0, 0.05) is 17.8 Å². The molecule has 3 rings (SSSR count). The Hall–Kier alpha value is -2.14. The smallest absolute Gasteiger partial charge is 0.129 e. The summed E-state index contributed by atoms with van der Waals surface area (Å²) < 4.78 is 7.63. The summed E-state index contributed by atoms with van der Waals surface area (Å²) in [6.45, 7) is 5.49. The average molecular weight is 317 g/mol. The van der Waals surface area contributed by atoms with Gasteiger partial charge in [0.05, 0.1) is 12.7 Å². The van der Waals surface area contributed by atoms with Gasteiger partial charge in [0.25, 0.3) is 0 Å². The van der Waals surface area contributed by atoms with Crippen LogP contribution in [-0.4, -0.2) is 26.6 Å². The van der Waals surface area contributed by atoms with Crippen molar-refractivity contribution >= 4 is 22.4 Å². The average Bonchev–Trinajstić information content (AvgIpc) is 3.00. The second kappa shape index (κ2) is 6.32. The topological polar surface area (TPSA) is 52.8 Å². The molecule has 6 heteroatoms. The first-order valence-corrected chi connectivity index (χ1v) is 7.58. The fourth-order valence-electron chi connectivity index (χ4n) is 2.44. The Labute approximate surface area is 133 Å². The van der Waals surface area contributed by atoms with Crippen LogP contribution < -0.4 is 4.74 Å². The Kier molecular flexibility index (Phi) is 4.24. The van der Waals surface area contributed by atoms with Gasteiger partial charge in [-0.05, 0) is 29.0 Å². The van der Waals surface area contributed by atoms with E-state index >= 15 is 0 Å². The lowest BCUT2D eigenvalue weighted by molar-refractivity contribution is 0.293. The van der Waals surface area contributed by atoms with Gasteiger partial charge in [0.15, 0.2) is 0 Å². The van der Waals surface area contributed by atoms with Gasteiger partial charge in [0.2, 0.25) is 0 Å². The Morgan fingerprint density at radius 3 is 2.86 bits per heavy atom. The minimum atomic E-state index is 0.408. The first-order valence-electron chi connectivity index (χ1n) is 7.20. The summed E-state index contributed by atoms with van der Waals surface area (Å²) in [5.74, 6) is 1.22. The molecular weight excluding hydrogens is 300 g/mol. The van der Waals surface area contributed by atoms with Gasteiger partial charge in [-0.1, -0.05) is 36.7 Å². The molecule has 0 spiro atoms. The molecule has 0 aliphatic heterocycles. The lowest BCUT2D eigenvalue weighted by Gasteiger charge is -2.14. The normalized spacial score (nSPS) is 11.3. The van der Waals surface area contributed by atoms with Crippen LogP contribution in [0.4, 0.5) is 0 Å². The van der Waals surface area contributed by atoms with Gasteiger partial charge in [-0.15, -0.1) is 5.10 Å². The molecule has 0 bridgehead atoms. The van der Waals surface area contributed by atoms with Gasteiger partial charge < -0.3 is 4.74 Å². The third-order valence-electron chi connectivity index (χ3n) is 3.53. The van der Waals surface area contributed by atoms with Crippen molar-refractivity contribution in [3.8, 4) is 5.75 Å². The minimum Gasteiger partial charge on any atom is -0.491 e. The molecule has 0 saturated carbocycles. The van der Waals surface area contributed by atoms with Crippen LogP contribution in [0.5, 0.6) is 5.75 Å². The molecule has 2 heterocycles. The van der Waals surface area contributed by atoms with Crippen molar-refractivity contribution in [3.05, 3.63) is 47.5 Å². The van der Waals surface area contributed by atoms with Crippen LogP contribution in [0.25, 0.3) is 10.8 Å². The fourth-order valence-corrected chi connectivity index (χ4v) is 2.60.